The molecule has 0 saturated carbocycles. The molecule has 0 amide bonds. The van der Waals surface area contributed by atoms with Crippen LogP contribution in [0.15, 0.2) is 54.6 Å². The van der Waals surface area contributed by atoms with Gasteiger partial charge in [0.1, 0.15) is 0 Å². The molecule has 3 aromatic heterocycles. The van der Waals surface area contributed by atoms with Gasteiger partial charge in [0.2, 0.25) is 0 Å². The number of aromatic nitrogens is 3. The summed E-state index contributed by atoms with van der Waals surface area (Å²) in [6.07, 6.45) is 10.1. The van der Waals surface area contributed by atoms with E-state index in [1.807, 2.05) is 0 Å². The molecule has 0 atom stereocenters. The van der Waals surface area contributed by atoms with Crippen molar-refractivity contribution in [3.05, 3.63) is 71.7 Å². The number of unbranched alkanes of at least 4 members (excludes halogenated alkanes) is 3. The highest BCUT2D eigenvalue weighted by atomic mass is 31.1. The molecule has 3 rings (SSSR count). The first-order valence-electron chi connectivity index (χ1n) is 11.9. The normalized spacial score (nSPS) is 11.2. The molecule has 0 unspecified atom stereocenters. The molecule has 0 aromatic carbocycles. The number of hydrogen-bond acceptors (Lipinski definition) is 3. The molecule has 0 fully saturated rings. The Bertz CT molecular complexity index is 819. The molecule has 3 aromatic rings. The summed E-state index contributed by atoms with van der Waals surface area (Å²) in [4.78, 5) is 15.3. The SMILES string of the molecule is CCCCc1cccc(P(c2cccc(CCCC)n2)c2cccc(CCCC)n2)n1. The van der Waals surface area contributed by atoms with Crippen LogP contribution in [0.3, 0.4) is 0 Å². The van der Waals surface area contributed by atoms with Crippen molar-refractivity contribution in [2.24, 2.45) is 0 Å². The molecule has 0 spiro atoms. The van der Waals surface area contributed by atoms with Gasteiger partial charge in [0.15, 0.2) is 0 Å². The van der Waals surface area contributed by atoms with Gasteiger partial charge >= 0.3 is 0 Å². The number of rotatable bonds is 12. The van der Waals surface area contributed by atoms with Crippen molar-refractivity contribution < 1.29 is 0 Å². The number of aryl methyl sites for hydroxylation is 3. The van der Waals surface area contributed by atoms with Gasteiger partial charge in [0, 0.05) is 25.0 Å². The molecular formula is C27H36N3P. The van der Waals surface area contributed by atoms with Gasteiger partial charge in [-0.3, -0.25) is 15.0 Å². The predicted octanol–water partition coefficient (Wildman–Crippen LogP) is 5.66. The van der Waals surface area contributed by atoms with Gasteiger partial charge in [0.05, 0.1) is 16.3 Å². The Morgan fingerprint density at radius 2 is 0.839 bits per heavy atom. The number of pyridine rings is 3. The van der Waals surface area contributed by atoms with E-state index < -0.39 is 7.92 Å². The van der Waals surface area contributed by atoms with E-state index in [9.17, 15) is 0 Å². The van der Waals surface area contributed by atoms with Crippen molar-refractivity contribution in [3.8, 4) is 0 Å². The van der Waals surface area contributed by atoms with Crippen LogP contribution in [0, 0.1) is 0 Å². The van der Waals surface area contributed by atoms with Crippen LogP contribution in [0.25, 0.3) is 0 Å². The minimum atomic E-state index is -0.873. The third-order valence-electron chi connectivity index (χ3n) is 5.42. The van der Waals surface area contributed by atoms with Gasteiger partial charge in [0.25, 0.3) is 0 Å². The second-order valence-electron chi connectivity index (χ2n) is 8.11. The third kappa shape index (κ3) is 6.94. The van der Waals surface area contributed by atoms with Crippen molar-refractivity contribution in [3.63, 3.8) is 0 Å². The summed E-state index contributed by atoms with van der Waals surface area (Å²) in [5.74, 6) is 0. The summed E-state index contributed by atoms with van der Waals surface area (Å²) >= 11 is 0. The average Bonchev–Trinajstić information content (AvgIpc) is 2.81. The maximum absolute atomic E-state index is 5.10. The van der Waals surface area contributed by atoms with Crippen LogP contribution in [-0.4, -0.2) is 15.0 Å². The summed E-state index contributed by atoms with van der Waals surface area (Å²) in [5.41, 5.74) is 6.88. The Morgan fingerprint density at radius 1 is 0.516 bits per heavy atom. The van der Waals surface area contributed by atoms with Gasteiger partial charge in [-0.15, -0.1) is 0 Å². The van der Waals surface area contributed by atoms with Gasteiger partial charge in [-0.05, 0) is 74.9 Å². The molecule has 0 aliphatic rings. The molecule has 0 aliphatic carbocycles. The lowest BCUT2D eigenvalue weighted by Gasteiger charge is -2.18. The Morgan fingerprint density at radius 3 is 1.13 bits per heavy atom. The highest BCUT2D eigenvalue weighted by molar-refractivity contribution is 7.79. The van der Waals surface area contributed by atoms with Crippen LogP contribution in [-0.2, 0) is 19.3 Å². The average molecular weight is 434 g/mol. The smallest absolute Gasteiger partial charge is 0.0756 e. The second kappa shape index (κ2) is 12.7. The highest BCUT2D eigenvalue weighted by Crippen LogP contribution is 2.30. The quantitative estimate of drug-likeness (QED) is 0.346. The molecule has 0 N–H and O–H groups in total. The van der Waals surface area contributed by atoms with Crippen molar-refractivity contribution in [2.45, 2.75) is 78.6 Å². The van der Waals surface area contributed by atoms with Crippen LogP contribution in [0.4, 0.5) is 0 Å². The van der Waals surface area contributed by atoms with Crippen molar-refractivity contribution in [2.75, 3.05) is 0 Å². The Balaban J connectivity index is 2.03. The number of hydrogen-bond donors (Lipinski definition) is 0. The van der Waals surface area contributed by atoms with E-state index in [2.05, 4.69) is 75.4 Å². The lowest BCUT2D eigenvalue weighted by atomic mass is 10.2. The molecule has 0 radical (unpaired) electrons. The zero-order valence-electron chi connectivity index (χ0n) is 19.3. The Hall–Kier alpha value is -2.12. The molecule has 164 valence electrons. The first kappa shape index (κ1) is 23.5. The first-order chi connectivity index (χ1) is 15.2. The lowest BCUT2D eigenvalue weighted by Crippen LogP contribution is -2.28. The van der Waals surface area contributed by atoms with Gasteiger partial charge in [-0.25, -0.2) is 0 Å². The fraction of sp³-hybridized carbons (Fsp3) is 0.444. The molecular weight excluding hydrogens is 397 g/mol. The molecule has 3 nitrogen and oxygen atoms in total. The zero-order valence-corrected chi connectivity index (χ0v) is 20.2. The molecule has 3 heterocycles. The topological polar surface area (TPSA) is 38.7 Å². The van der Waals surface area contributed by atoms with Crippen LogP contribution < -0.4 is 16.3 Å². The van der Waals surface area contributed by atoms with Crippen LogP contribution >= 0.6 is 7.92 Å². The van der Waals surface area contributed by atoms with Crippen LogP contribution in [0.2, 0.25) is 0 Å². The van der Waals surface area contributed by atoms with E-state index in [4.69, 9.17) is 15.0 Å². The van der Waals surface area contributed by atoms with Crippen LogP contribution in [0.1, 0.15) is 76.4 Å². The minimum absolute atomic E-state index is 0.873. The first-order valence-corrected chi connectivity index (χ1v) is 13.3. The highest BCUT2D eigenvalue weighted by Gasteiger charge is 2.22. The lowest BCUT2D eigenvalue weighted by molar-refractivity contribution is 0.778. The van der Waals surface area contributed by atoms with Crippen molar-refractivity contribution in [1.82, 2.24) is 15.0 Å². The minimum Gasteiger partial charge on any atom is -0.252 e. The maximum atomic E-state index is 5.10. The predicted molar refractivity (Wildman–Crippen MR) is 134 cm³/mol. The van der Waals surface area contributed by atoms with Gasteiger partial charge in [-0.1, -0.05) is 58.2 Å². The van der Waals surface area contributed by atoms with E-state index in [-0.39, 0.29) is 0 Å². The van der Waals surface area contributed by atoms with Gasteiger partial charge in [-0.2, -0.15) is 0 Å². The third-order valence-corrected chi connectivity index (χ3v) is 7.54. The molecule has 0 saturated heterocycles. The summed E-state index contributed by atoms with van der Waals surface area (Å²) in [5, 5.41) is 0. The fourth-order valence-electron chi connectivity index (χ4n) is 3.62. The monoisotopic (exact) mass is 433 g/mol. The summed E-state index contributed by atoms with van der Waals surface area (Å²) < 4.78 is 0. The standard InChI is InChI=1S/C27H36N3P/c1-4-7-13-22-16-10-19-25(28-22)31(26-20-11-17-23(29-26)14-8-5-2)27-21-12-18-24(30-27)15-9-6-3/h10-12,16-21H,4-9,13-15H2,1-3H3. The Labute approximate surface area is 189 Å². The second-order valence-corrected chi connectivity index (χ2v) is 10.2. The van der Waals surface area contributed by atoms with E-state index in [0.29, 0.717) is 0 Å². The van der Waals surface area contributed by atoms with Crippen LogP contribution in [0.5, 0.6) is 0 Å². The fourth-order valence-corrected chi connectivity index (χ4v) is 5.71. The van der Waals surface area contributed by atoms with E-state index in [1.165, 1.54) is 55.6 Å². The maximum Gasteiger partial charge on any atom is 0.0756 e. The van der Waals surface area contributed by atoms with Crippen molar-refractivity contribution in [1.29, 1.82) is 0 Å². The molecule has 0 bridgehead atoms. The molecule has 0 aliphatic heterocycles. The van der Waals surface area contributed by atoms with E-state index in [0.717, 1.165) is 35.6 Å². The summed E-state index contributed by atoms with van der Waals surface area (Å²) in [7, 11) is -0.873. The van der Waals surface area contributed by atoms with Crippen molar-refractivity contribution >= 4 is 24.2 Å². The van der Waals surface area contributed by atoms with Gasteiger partial charge < -0.3 is 0 Å². The summed E-state index contributed by atoms with van der Waals surface area (Å²) in [6, 6.07) is 19.4. The Kier molecular flexibility index (Phi) is 9.62. The molecule has 4 heteroatoms. The summed E-state index contributed by atoms with van der Waals surface area (Å²) in [6.45, 7) is 6.69. The van der Waals surface area contributed by atoms with E-state index in [1.54, 1.807) is 0 Å². The van der Waals surface area contributed by atoms with E-state index >= 15 is 0 Å². The largest absolute Gasteiger partial charge is 0.252 e. The number of nitrogens with zero attached hydrogens (tertiary/aromatic N) is 3. The zero-order chi connectivity index (χ0) is 21.9. The molecule has 31 heavy (non-hydrogen) atoms.